The average Bonchev–Trinajstić information content (AvgIpc) is 2.30. The molecular formula is C12H22N2O3. The molecule has 0 aromatic rings. The summed E-state index contributed by atoms with van der Waals surface area (Å²) in [6.07, 6.45) is 0.732. The summed E-state index contributed by atoms with van der Waals surface area (Å²) in [4.78, 5) is 23.0. The molecule has 2 N–H and O–H groups in total. The minimum absolute atomic E-state index is 0.0428. The van der Waals surface area contributed by atoms with Gasteiger partial charge < -0.3 is 15.4 Å². The first-order chi connectivity index (χ1) is 7.78. The van der Waals surface area contributed by atoms with Crippen LogP contribution in [0.1, 0.15) is 40.5 Å². The Labute approximate surface area is 102 Å². The van der Waals surface area contributed by atoms with Crippen molar-refractivity contribution in [2.45, 2.75) is 58.2 Å². The largest absolute Gasteiger partial charge is 0.444 e. The quantitative estimate of drug-likeness (QED) is 0.725. The van der Waals surface area contributed by atoms with Crippen LogP contribution in [0.15, 0.2) is 0 Å². The van der Waals surface area contributed by atoms with Crippen molar-refractivity contribution in [1.29, 1.82) is 0 Å². The fourth-order valence-corrected chi connectivity index (χ4v) is 1.67. The summed E-state index contributed by atoms with van der Waals surface area (Å²) in [6.45, 7) is 7.92. The molecule has 1 fully saturated rings. The van der Waals surface area contributed by atoms with Crippen LogP contribution in [0.3, 0.4) is 0 Å². The molecule has 0 spiro atoms. The van der Waals surface area contributed by atoms with Crippen LogP contribution in [0.4, 0.5) is 4.79 Å². The maximum atomic E-state index is 11.6. The molecule has 98 valence electrons. The van der Waals surface area contributed by atoms with Gasteiger partial charge in [-0.1, -0.05) is 0 Å². The van der Waals surface area contributed by atoms with E-state index in [2.05, 4.69) is 10.6 Å². The predicted octanol–water partition coefficient (Wildman–Crippen LogP) is 1.22. The van der Waals surface area contributed by atoms with Gasteiger partial charge in [0.1, 0.15) is 11.4 Å². The SMILES string of the molecule is C[C@@H]1NC[C@@H](NC(=O)OC(C)(C)C)CCC1=O. The van der Waals surface area contributed by atoms with E-state index in [0.29, 0.717) is 19.4 Å². The number of hydrogen-bond donors (Lipinski definition) is 2. The normalized spacial score (nSPS) is 26.2. The van der Waals surface area contributed by atoms with E-state index < -0.39 is 11.7 Å². The molecule has 2 atom stereocenters. The van der Waals surface area contributed by atoms with E-state index in [1.807, 2.05) is 27.7 Å². The second kappa shape index (κ2) is 5.49. The second-order valence-corrected chi connectivity index (χ2v) is 5.48. The van der Waals surface area contributed by atoms with Crippen molar-refractivity contribution in [2.24, 2.45) is 0 Å². The Morgan fingerprint density at radius 3 is 2.71 bits per heavy atom. The first-order valence-electron chi connectivity index (χ1n) is 6.03. The lowest BCUT2D eigenvalue weighted by Gasteiger charge is -2.23. The van der Waals surface area contributed by atoms with E-state index in [-0.39, 0.29) is 17.9 Å². The van der Waals surface area contributed by atoms with Gasteiger partial charge in [0.2, 0.25) is 0 Å². The monoisotopic (exact) mass is 242 g/mol. The topological polar surface area (TPSA) is 67.4 Å². The summed E-state index contributed by atoms with van der Waals surface area (Å²) in [5.74, 6) is 0.193. The maximum absolute atomic E-state index is 11.6. The number of amides is 1. The molecule has 1 rings (SSSR count). The molecule has 1 saturated heterocycles. The Bertz CT molecular complexity index is 297. The summed E-state index contributed by atoms with van der Waals surface area (Å²) in [5, 5.41) is 5.87. The van der Waals surface area contributed by atoms with Gasteiger partial charge in [-0.15, -0.1) is 0 Å². The van der Waals surface area contributed by atoms with Crippen molar-refractivity contribution in [1.82, 2.24) is 10.6 Å². The highest BCUT2D eigenvalue weighted by molar-refractivity contribution is 5.84. The van der Waals surface area contributed by atoms with E-state index in [1.165, 1.54) is 0 Å². The Hall–Kier alpha value is -1.10. The van der Waals surface area contributed by atoms with Crippen LogP contribution in [0.5, 0.6) is 0 Å². The molecule has 17 heavy (non-hydrogen) atoms. The van der Waals surface area contributed by atoms with Gasteiger partial charge in [0.25, 0.3) is 0 Å². The number of Topliss-reactive ketones (excluding diaryl/α,β-unsaturated/α-hetero) is 1. The molecule has 0 radical (unpaired) electrons. The van der Waals surface area contributed by atoms with Gasteiger partial charge in [0, 0.05) is 19.0 Å². The number of rotatable bonds is 1. The van der Waals surface area contributed by atoms with Crippen molar-refractivity contribution in [2.75, 3.05) is 6.54 Å². The first kappa shape index (κ1) is 14.0. The van der Waals surface area contributed by atoms with E-state index in [1.54, 1.807) is 0 Å². The van der Waals surface area contributed by atoms with Gasteiger partial charge in [-0.2, -0.15) is 0 Å². The number of nitrogens with one attached hydrogen (secondary N) is 2. The summed E-state index contributed by atoms with van der Waals surface area (Å²) < 4.78 is 5.17. The molecule has 1 aliphatic heterocycles. The highest BCUT2D eigenvalue weighted by Gasteiger charge is 2.24. The molecule has 0 saturated carbocycles. The smallest absolute Gasteiger partial charge is 0.407 e. The molecule has 1 amide bonds. The Kier molecular flexibility index (Phi) is 4.51. The summed E-state index contributed by atoms with van der Waals surface area (Å²) in [7, 11) is 0. The lowest BCUT2D eigenvalue weighted by atomic mass is 10.1. The molecule has 0 bridgehead atoms. The molecule has 5 heteroatoms. The lowest BCUT2D eigenvalue weighted by molar-refractivity contribution is -0.120. The summed E-state index contributed by atoms with van der Waals surface area (Å²) in [6, 6.07) is -0.167. The predicted molar refractivity (Wildman–Crippen MR) is 64.9 cm³/mol. The summed E-state index contributed by atoms with van der Waals surface area (Å²) in [5.41, 5.74) is -0.495. The third-order valence-corrected chi connectivity index (χ3v) is 2.61. The van der Waals surface area contributed by atoms with E-state index in [4.69, 9.17) is 4.74 Å². The Morgan fingerprint density at radius 1 is 1.47 bits per heavy atom. The third kappa shape index (κ3) is 5.17. The zero-order chi connectivity index (χ0) is 13.1. The molecule has 0 aliphatic carbocycles. The van der Waals surface area contributed by atoms with Crippen LogP contribution in [0, 0.1) is 0 Å². The van der Waals surface area contributed by atoms with Gasteiger partial charge >= 0.3 is 6.09 Å². The van der Waals surface area contributed by atoms with E-state index >= 15 is 0 Å². The molecular weight excluding hydrogens is 220 g/mol. The zero-order valence-electron chi connectivity index (χ0n) is 11.0. The van der Waals surface area contributed by atoms with Crippen molar-refractivity contribution >= 4 is 11.9 Å². The molecule has 5 nitrogen and oxygen atoms in total. The number of carbonyl (C=O) groups excluding carboxylic acids is 2. The van der Waals surface area contributed by atoms with Crippen LogP contribution in [0.2, 0.25) is 0 Å². The Morgan fingerprint density at radius 2 is 2.12 bits per heavy atom. The van der Waals surface area contributed by atoms with Crippen molar-refractivity contribution in [3.8, 4) is 0 Å². The number of ketones is 1. The minimum atomic E-state index is -0.495. The number of carbonyl (C=O) groups is 2. The minimum Gasteiger partial charge on any atom is -0.444 e. The van der Waals surface area contributed by atoms with Gasteiger partial charge in [0.15, 0.2) is 0 Å². The van der Waals surface area contributed by atoms with Gasteiger partial charge in [-0.05, 0) is 34.1 Å². The fourth-order valence-electron chi connectivity index (χ4n) is 1.67. The second-order valence-electron chi connectivity index (χ2n) is 5.48. The molecule has 0 aromatic carbocycles. The van der Waals surface area contributed by atoms with Crippen LogP contribution < -0.4 is 10.6 Å². The molecule has 1 aliphatic rings. The van der Waals surface area contributed by atoms with Gasteiger partial charge in [-0.3, -0.25) is 4.79 Å². The van der Waals surface area contributed by atoms with E-state index in [9.17, 15) is 9.59 Å². The van der Waals surface area contributed by atoms with Crippen LogP contribution in [-0.2, 0) is 9.53 Å². The van der Waals surface area contributed by atoms with Crippen molar-refractivity contribution < 1.29 is 14.3 Å². The Balaban J connectivity index is 2.42. The highest BCUT2D eigenvalue weighted by Crippen LogP contribution is 2.09. The average molecular weight is 242 g/mol. The van der Waals surface area contributed by atoms with Gasteiger partial charge in [-0.25, -0.2) is 4.79 Å². The van der Waals surface area contributed by atoms with Crippen molar-refractivity contribution in [3.05, 3.63) is 0 Å². The van der Waals surface area contributed by atoms with Crippen LogP contribution in [-0.4, -0.2) is 36.1 Å². The van der Waals surface area contributed by atoms with Crippen molar-refractivity contribution in [3.63, 3.8) is 0 Å². The standard InChI is InChI=1S/C12H22N2O3/c1-8-10(15)6-5-9(7-13-8)14-11(16)17-12(2,3)4/h8-9,13H,5-7H2,1-4H3,(H,14,16)/t8-,9-/m0/s1. The fraction of sp³-hybridized carbons (Fsp3) is 0.833. The van der Waals surface area contributed by atoms with Crippen LogP contribution in [0.25, 0.3) is 0 Å². The molecule has 0 unspecified atom stereocenters. The number of alkyl carbamates (subject to hydrolysis) is 1. The molecule has 1 heterocycles. The first-order valence-corrected chi connectivity index (χ1v) is 6.03. The zero-order valence-corrected chi connectivity index (χ0v) is 11.0. The third-order valence-electron chi connectivity index (χ3n) is 2.61. The summed E-state index contributed by atoms with van der Waals surface area (Å²) >= 11 is 0. The van der Waals surface area contributed by atoms with Gasteiger partial charge in [0.05, 0.1) is 6.04 Å². The van der Waals surface area contributed by atoms with E-state index in [0.717, 1.165) is 0 Å². The molecule has 0 aromatic heterocycles. The number of hydrogen-bond acceptors (Lipinski definition) is 4. The highest BCUT2D eigenvalue weighted by atomic mass is 16.6. The number of ether oxygens (including phenoxy) is 1. The maximum Gasteiger partial charge on any atom is 0.407 e. The van der Waals surface area contributed by atoms with Crippen LogP contribution >= 0.6 is 0 Å². The lowest BCUT2D eigenvalue weighted by Crippen LogP contribution is -2.44.